The quantitative estimate of drug-likeness (QED) is 0.659. The fraction of sp³-hybridized carbons (Fsp3) is 0.533. The van der Waals surface area contributed by atoms with Gasteiger partial charge in [0.1, 0.15) is 11.1 Å². The predicted molar refractivity (Wildman–Crippen MR) is 81.2 cm³/mol. The molecule has 22 heavy (non-hydrogen) atoms. The maximum absolute atomic E-state index is 12.1. The van der Waals surface area contributed by atoms with Crippen molar-refractivity contribution in [2.75, 3.05) is 26.7 Å². The van der Waals surface area contributed by atoms with E-state index in [9.17, 15) is 14.7 Å². The van der Waals surface area contributed by atoms with E-state index in [1.165, 1.54) is 12.1 Å². The summed E-state index contributed by atoms with van der Waals surface area (Å²) in [7, 11) is 1.94. The minimum Gasteiger partial charge on any atom is -0.481 e. The molecule has 2 rings (SSSR count). The molecule has 120 valence electrons. The van der Waals surface area contributed by atoms with E-state index in [2.05, 4.69) is 9.88 Å². The van der Waals surface area contributed by atoms with Gasteiger partial charge in [-0.3, -0.25) is 4.79 Å². The summed E-state index contributed by atoms with van der Waals surface area (Å²) in [6.45, 7) is 3.38. The summed E-state index contributed by atoms with van der Waals surface area (Å²) in [4.78, 5) is 30.1. The van der Waals surface area contributed by atoms with Crippen LogP contribution in [0.2, 0.25) is 5.15 Å². The van der Waals surface area contributed by atoms with Crippen LogP contribution >= 0.6 is 11.6 Å². The first kappa shape index (κ1) is 16.7. The van der Waals surface area contributed by atoms with Crippen molar-refractivity contribution in [2.24, 2.45) is 5.92 Å². The van der Waals surface area contributed by atoms with Crippen LogP contribution < -0.4 is 0 Å². The van der Waals surface area contributed by atoms with Gasteiger partial charge in [0.15, 0.2) is 0 Å². The molecule has 0 aliphatic carbocycles. The van der Waals surface area contributed by atoms with E-state index in [1.807, 2.05) is 7.05 Å². The number of nitrogens with zero attached hydrogens (tertiary/aromatic N) is 2. The molecule has 0 saturated carbocycles. The fourth-order valence-corrected chi connectivity index (χ4v) is 3.01. The molecule has 0 amide bonds. The minimum absolute atomic E-state index is 0.110. The zero-order valence-corrected chi connectivity index (χ0v) is 13.3. The molecular weight excluding hydrogens is 308 g/mol. The number of aliphatic carboxylic acids is 1. The molecule has 7 heteroatoms. The number of carbonyl (C=O) groups is 2. The molecule has 2 unspecified atom stereocenters. The van der Waals surface area contributed by atoms with E-state index in [4.69, 9.17) is 16.3 Å². The topological polar surface area (TPSA) is 79.7 Å². The van der Waals surface area contributed by atoms with Crippen molar-refractivity contribution in [2.45, 2.75) is 19.3 Å². The van der Waals surface area contributed by atoms with Crippen molar-refractivity contribution in [3.05, 3.63) is 28.5 Å². The summed E-state index contributed by atoms with van der Waals surface area (Å²) in [5.41, 5.74) is 0.368. The zero-order valence-electron chi connectivity index (χ0n) is 12.6. The number of esters is 1. The predicted octanol–water partition coefficient (Wildman–Crippen LogP) is 2.03. The lowest BCUT2D eigenvalue weighted by molar-refractivity contribution is -0.140. The molecule has 1 aliphatic rings. The molecule has 0 spiro atoms. The van der Waals surface area contributed by atoms with Gasteiger partial charge in [-0.25, -0.2) is 9.78 Å². The van der Waals surface area contributed by atoms with Crippen molar-refractivity contribution in [3.63, 3.8) is 0 Å². The van der Waals surface area contributed by atoms with Crippen LogP contribution in [-0.4, -0.2) is 53.7 Å². The lowest BCUT2D eigenvalue weighted by atomic mass is 9.86. The highest BCUT2D eigenvalue weighted by atomic mass is 35.5. The number of carboxylic acids is 1. The van der Waals surface area contributed by atoms with Crippen molar-refractivity contribution in [1.82, 2.24) is 9.88 Å². The van der Waals surface area contributed by atoms with Gasteiger partial charge in [-0.05, 0) is 45.0 Å². The second-order valence-corrected chi connectivity index (χ2v) is 5.80. The molecule has 1 N–H and O–H groups in total. The van der Waals surface area contributed by atoms with Gasteiger partial charge in [-0.2, -0.15) is 0 Å². The highest BCUT2D eigenvalue weighted by Crippen LogP contribution is 2.33. The number of halogens is 1. The summed E-state index contributed by atoms with van der Waals surface area (Å²) < 4.78 is 5.00. The minimum atomic E-state index is -0.999. The van der Waals surface area contributed by atoms with Gasteiger partial charge in [-0.1, -0.05) is 11.6 Å². The molecule has 1 saturated heterocycles. The number of aromatic nitrogens is 1. The van der Waals surface area contributed by atoms with Gasteiger partial charge in [0.2, 0.25) is 0 Å². The molecule has 6 nitrogen and oxygen atoms in total. The Morgan fingerprint density at radius 1 is 1.55 bits per heavy atom. The van der Waals surface area contributed by atoms with Crippen LogP contribution in [0.25, 0.3) is 0 Å². The third-order valence-corrected chi connectivity index (χ3v) is 4.06. The van der Waals surface area contributed by atoms with Gasteiger partial charge in [0.25, 0.3) is 0 Å². The SMILES string of the molecule is CCOC(=O)c1ccc(Cl)nc1C(C(=O)O)C1CCN(C)C1. The number of likely N-dealkylation sites (tertiary alicyclic amines) is 1. The van der Waals surface area contributed by atoms with Crippen LogP contribution in [0.4, 0.5) is 0 Å². The highest BCUT2D eigenvalue weighted by Gasteiger charge is 2.37. The van der Waals surface area contributed by atoms with Crippen LogP contribution in [0.3, 0.4) is 0 Å². The molecular formula is C15H19ClN2O4. The smallest absolute Gasteiger partial charge is 0.340 e. The average molecular weight is 327 g/mol. The summed E-state index contributed by atoms with van der Waals surface area (Å²) in [5.74, 6) is -2.55. The molecule has 2 heterocycles. The van der Waals surface area contributed by atoms with E-state index in [0.29, 0.717) is 6.54 Å². The molecule has 2 atom stereocenters. The number of carboxylic acid groups (broad SMARTS) is 1. The third-order valence-electron chi connectivity index (χ3n) is 3.85. The number of hydrogen-bond donors (Lipinski definition) is 1. The van der Waals surface area contributed by atoms with Crippen LogP contribution in [0.1, 0.15) is 35.3 Å². The molecule has 0 radical (unpaired) electrons. The summed E-state index contributed by atoms with van der Waals surface area (Å²) in [6, 6.07) is 2.95. The summed E-state index contributed by atoms with van der Waals surface area (Å²) in [6.07, 6.45) is 0.740. The Kier molecular flexibility index (Phi) is 5.37. The Balaban J connectivity index is 2.44. The van der Waals surface area contributed by atoms with Crippen molar-refractivity contribution in [3.8, 4) is 0 Å². The number of ether oxygens (including phenoxy) is 1. The second-order valence-electron chi connectivity index (χ2n) is 5.41. The maximum atomic E-state index is 12.1. The van der Waals surface area contributed by atoms with Crippen LogP contribution in [0.15, 0.2) is 12.1 Å². The highest BCUT2D eigenvalue weighted by molar-refractivity contribution is 6.29. The van der Waals surface area contributed by atoms with E-state index in [-0.39, 0.29) is 28.9 Å². The Labute approximate surface area is 134 Å². The normalized spacial score (nSPS) is 19.9. The van der Waals surface area contributed by atoms with Gasteiger partial charge < -0.3 is 14.7 Å². The van der Waals surface area contributed by atoms with Crippen LogP contribution in [0.5, 0.6) is 0 Å². The number of carbonyl (C=O) groups excluding carboxylic acids is 1. The monoisotopic (exact) mass is 326 g/mol. The summed E-state index contributed by atoms with van der Waals surface area (Å²) >= 11 is 5.92. The fourth-order valence-electron chi connectivity index (χ4n) is 2.85. The van der Waals surface area contributed by atoms with Crippen LogP contribution in [0, 0.1) is 5.92 Å². The summed E-state index contributed by atoms with van der Waals surface area (Å²) in [5, 5.41) is 9.81. The largest absolute Gasteiger partial charge is 0.481 e. The lowest BCUT2D eigenvalue weighted by Crippen LogP contribution is -2.27. The third kappa shape index (κ3) is 3.56. The number of hydrogen-bond acceptors (Lipinski definition) is 5. The molecule has 0 aromatic carbocycles. The van der Waals surface area contributed by atoms with E-state index >= 15 is 0 Å². The van der Waals surface area contributed by atoms with Gasteiger partial charge in [0.05, 0.1) is 17.9 Å². The molecule has 1 fully saturated rings. The number of pyridine rings is 1. The van der Waals surface area contributed by atoms with Crippen molar-refractivity contribution in [1.29, 1.82) is 0 Å². The van der Waals surface area contributed by atoms with E-state index in [0.717, 1.165) is 13.0 Å². The first-order chi connectivity index (χ1) is 10.4. The van der Waals surface area contributed by atoms with E-state index < -0.39 is 17.9 Å². The van der Waals surface area contributed by atoms with Crippen molar-refractivity contribution < 1.29 is 19.4 Å². The Hall–Kier alpha value is -1.66. The van der Waals surface area contributed by atoms with Gasteiger partial charge >= 0.3 is 11.9 Å². The maximum Gasteiger partial charge on any atom is 0.340 e. The number of rotatable bonds is 5. The molecule has 1 aromatic rings. The average Bonchev–Trinajstić information content (AvgIpc) is 2.85. The molecule has 1 aromatic heterocycles. The van der Waals surface area contributed by atoms with Gasteiger partial charge in [0, 0.05) is 6.54 Å². The van der Waals surface area contributed by atoms with E-state index in [1.54, 1.807) is 6.92 Å². The lowest BCUT2D eigenvalue weighted by Gasteiger charge is -2.21. The Bertz CT molecular complexity index is 579. The van der Waals surface area contributed by atoms with Gasteiger partial charge in [-0.15, -0.1) is 0 Å². The van der Waals surface area contributed by atoms with Crippen LogP contribution in [-0.2, 0) is 9.53 Å². The van der Waals surface area contributed by atoms with Crippen molar-refractivity contribution >= 4 is 23.5 Å². The molecule has 1 aliphatic heterocycles. The first-order valence-corrected chi connectivity index (χ1v) is 7.56. The molecule has 0 bridgehead atoms. The standard InChI is InChI=1S/C15H19ClN2O4/c1-3-22-15(21)10-4-5-11(16)17-13(10)12(14(19)20)9-6-7-18(2)8-9/h4-5,9,12H,3,6-8H2,1-2H3,(H,19,20). The zero-order chi connectivity index (χ0) is 16.3. The Morgan fingerprint density at radius 2 is 2.27 bits per heavy atom. The second kappa shape index (κ2) is 7.07. The first-order valence-electron chi connectivity index (χ1n) is 7.19. The Morgan fingerprint density at radius 3 is 2.82 bits per heavy atom.